The minimum absolute atomic E-state index is 0.307. The number of rotatable bonds is 6. The largest absolute Gasteiger partial charge is 0.491 e. The van der Waals surface area contributed by atoms with Gasteiger partial charge in [-0.1, -0.05) is 17.7 Å². The van der Waals surface area contributed by atoms with Crippen LogP contribution in [0.3, 0.4) is 0 Å². The highest BCUT2D eigenvalue weighted by Gasteiger charge is 2.34. The fourth-order valence-electron chi connectivity index (χ4n) is 3.13. The first-order valence-electron chi connectivity index (χ1n) is 8.69. The van der Waals surface area contributed by atoms with Crippen molar-refractivity contribution >= 4 is 5.95 Å². The fraction of sp³-hybridized carbons (Fsp3) is 0.474. The highest BCUT2D eigenvalue weighted by atomic mass is 16.5. The smallest absolute Gasteiger partial charge is 0.222 e. The number of aliphatic hydroxyl groups is 1. The van der Waals surface area contributed by atoms with Crippen LogP contribution >= 0.6 is 0 Å². The number of hydrogen-bond donors (Lipinski definition) is 2. The van der Waals surface area contributed by atoms with E-state index >= 15 is 0 Å². The van der Waals surface area contributed by atoms with Gasteiger partial charge in [0.2, 0.25) is 5.95 Å². The zero-order valence-electron chi connectivity index (χ0n) is 14.9. The molecule has 0 amide bonds. The lowest BCUT2D eigenvalue weighted by Crippen LogP contribution is -2.51. The van der Waals surface area contributed by atoms with E-state index in [0.29, 0.717) is 19.1 Å². The van der Waals surface area contributed by atoms with Gasteiger partial charge in [0.05, 0.1) is 0 Å². The van der Waals surface area contributed by atoms with E-state index in [4.69, 9.17) is 4.74 Å². The average Bonchev–Trinajstić information content (AvgIpc) is 2.62. The zero-order chi connectivity index (χ0) is 17.7. The van der Waals surface area contributed by atoms with Crippen molar-refractivity contribution in [1.82, 2.24) is 14.9 Å². The molecule has 0 radical (unpaired) electrons. The molecule has 1 atom stereocenters. The summed E-state index contributed by atoms with van der Waals surface area (Å²) >= 11 is 0. The summed E-state index contributed by atoms with van der Waals surface area (Å²) in [5, 5.41) is 13.8. The number of β-amino-alcohol motifs (C(OH)–C–C–N with tert-alkyl or cyclic N) is 1. The molecule has 6 heteroatoms. The van der Waals surface area contributed by atoms with Crippen LogP contribution in [0, 0.1) is 6.92 Å². The predicted molar refractivity (Wildman–Crippen MR) is 97.7 cm³/mol. The molecule has 1 aliphatic rings. The maximum absolute atomic E-state index is 10.9. The van der Waals surface area contributed by atoms with E-state index in [9.17, 15) is 5.11 Å². The molecule has 0 bridgehead atoms. The summed E-state index contributed by atoms with van der Waals surface area (Å²) in [6, 6.07) is 7.92. The quantitative estimate of drug-likeness (QED) is 0.839. The van der Waals surface area contributed by atoms with Crippen molar-refractivity contribution in [2.75, 3.05) is 32.1 Å². The standard InChI is InChI=1S/C19H26N4O2/c1-15-4-6-17(7-5-15)25-14-19(24)8-3-9-23(13-19)12-16-10-21-18(20-2)22-11-16/h4-7,10-11,24H,3,8-9,12-14H2,1-2H3,(H,20,21,22)/t19-/m0/s1. The van der Waals surface area contributed by atoms with Crippen molar-refractivity contribution < 1.29 is 9.84 Å². The Balaban J connectivity index is 1.56. The van der Waals surface area contributed by atoms with E-state index in [1.807, 2.05) is 43.6 Å². The molecule has 3 rings (SSSR count). The number of benzene rings is 1. The molecule has 1 aromatic heterocycles. The zero-order valence-corrected chi connectivity index (χ0v) is 14.9. The number of aromatic nitrogens is 2. The highest BCUT2D eigenvalue weighted by Crippen LogP contribution is 2.24. The SMILES string of the molecule is CNc1ncc(CN2CCC[C@@](O)(COc3ccc(C)cc3)C2)cn1. The number of anilines is 1. The third-order valence-corrected chi connectivity index (χ3v) is 4.50. The van der Waals surface area contributed by atoms with Gasteiger partial charge in [-0.15, -0.1) is 0 Å². The van der Waals surface area contributed by atoms with Crippen LogP contribution in [0.2, 0.25) is 0 Å². The van der Waals surface area contributed by atoms with Gasteiger partial charge in [0.15, 0.2) is 0 Å². The van der Waals surface area contributed by atoms with Crippen LogP contribution < -0.4 is 10.1 Å². The lowest BCUT2D eigenvalue weighted by molar-refractivity contribution is -0.0621. The third kappa shape index (κ3) is 4.90. The van der Waals surface area contributed by atoms with Crippen molar-refractivity contribution in [3.63, 3.8) is 0 Å². The van der Waals surface area contributed by atoms with Crippen LogP contribution in [0.5, 0.6) is 5.75 Å². The van der Waals surface area contributed by atoms with Crippen molar-refractivity contribution in [3.05, 3.63) is 47.8 Å². The van der Waals surface area contributed by atoms with E-state index in [1.54, 1.807) is 7.05 Å². The number of nitrogens with one attached hydrogen (secondary N) is 1. The molecule has 1 aliphatic heterocycles. The van der Waals surface area contributed by atoms with Gasteiger partial charge in [0.25, 0.3) is 0 Å². The number of ether oxygens (including phenoxy) is 1. The van der Waals surface area contributed by atoms with Gasteiger partial charge in [-0.25, -0.2) is 9.97 Å². The molecule has 0 spiro atoms. The topological polar surface area (TPSA) is 70.5 Å². The molecular formula is C19H26N4O2. The van der Waals surface area contributed by atoms with E-state index < -0.39 is 5.60 Å². The second kappa shape index (κ2) is 7.80. The van der Waals surface area contributed by atoms with Gasteiger partial charge in [0, 0.05) is 38.1 Å². The molecular weight excluding hydrogens is 316 g/mol. The first kappa shape index (κ1) is 17.6. The maximum Gasteiger partial charge on any atom is 0.222 e. The Kier molecular flexibility index (Phi) is 5.50. The summed E-state index contributed by atoms with van der Waals surface area (Å²) in [6.45, 7) is 4.63. The Hall–Kier alpha value is -2.18. The number of nitrogens with zero attached hydrogens (tertiary/aromatic N) is 3. The summed E-state index contributed by atoms with van der Waals surface area (Å²) in [5.41, 5.74) is 1.42. The number of piperidine rings is 1. The van der Waals surface area contributed by atoms with E-state index in [0.717, 1.165) is 37.2 Å². The Morgan fingerprint density at radius 1 is 1.24 bits per heavy atom. The Morgan fingerprint density at radius 3 is 2.64 bits per heavy atom. The second-order valence-corrected chi connectivity index (χ2v) is 6.81. The van der Waals surface area contributed by atoms with Crippen molar-refractivity contribution in [3.8, 4) is 5.75 Å². The molecule has 2 heterocycles. The molecule has 1 saturated heterocycles. The molecule has 2 N–H and O–H groups in total. The van der Waals surface area contributed by atoms with Gasteiger partial charge in [0.1, 0.15) is 18.0 Å². The monoisotopic (exact) mass is 342 g/mol. The number of likely N-dealkylation sites (tertiary alicyclic amines) is 1. The summed E-state index contributed by atoms with van der Waals surface area (Å²) in [4.78, 5) is 10.7. The summed E-state index contributed by atoms with van der Waals surface area (Å²) in [6.07, 6.45) is 5.36. The van der Waals surface area contributed by atoms with Crippen LogP contribution in [0.1, 0.15) is 24.0 Å². The molecule has 0 unspecified atom stereocenters. The van der Waals surface area contributed by atoms with Crippen molar-refractivity contribution in [2.24, 2.45) is 0 Å². The van der Waals surface area contributed by atoms with Gasteiger partial charge in [-0.05, 0) is 38.4 Å². The minimum atomic E-state index is -0.824. The van der Waals surface area contributed by atoms with E-state index in [-0.39, 0.29) is 0 Å². The van der Waals surface area contributed by atoms with Crippen LogP contribution in [0.25, 0.3) is 0 Å². The molecule has 25 heavy (non-hydrogen) atoms. The lowest BCUT2D eigenvalue weighted by Gasteiger charge is -2.38. The van der Waals surface area contributed by atoms with Gasteiger partial charge < -0.3 is 15.2 Å². The number of hydrogen-bond acceptors (Lipinski definition) is 6. The Labute approximate surface area is 148 Å². The number of aryl methyl sites for hydroxylation is 1. The van der Waals surface area contributed by atoms with Crippen LogP contribution in [-0.2, 0) is 6.54 Å². The lowest BCUT2D eigenvalue weighted by atomic mass is 9.93. The first-order valence-corrected chi connectivity index (χ1v) is 8.69. The Bertz CT molecular complexity index is 675. The molecule has 0 saturated carbocycles. The molecule has 0 aliphatic carbocycles. The fourth-order valence-corrected chi connectivity index (χ4v) is 3.13. The molecule has 6 nitrogen and oxygen atoms in total. The van der Waals surface area contributed by atoms with Crippen molar-refractivity contribution in [1.29, 1.82) is 0 Å². The first-order chi connectivity index (χ1) is 12.1. The van der Waals surface area contributed by atoms with E-state index in [2.05, 4.69) is 20.2 Å². The Morgan fingerprint density at radius 2 is 1.96 bits per heavy atom. The van der Waals surface area contributed by atoms with Crippen LogP contribution in [0.15, 0.2) is 36.7 Å². The average molecular weight is 342 g/mol. The predicted octanol–water partition coefficient (Wildman–Crippen LogP) is 2.23. The molecule has 134 valence electrons. The van der Waals surface area contributed by atoms with Gasteiger partial charge in [-0.3, -0.25) is 4.90 Å². The van der Waals surface area contributed by atoms with Crippen LogP contribution in [0.4, 0.5) is 5.95 Å². The summed E-state index contributed by atoms with van der Waals surface area (Å²) in [7, 11) is 1.80. The third-order valence-electron chi connectivity index (χ3n) is 4.50. The van der Waals surface area contributed by atoms with Crippen LogP contribution in [-0.4, -0.2) is 52.3 Å². The van der Waals surface area contributed by atoms with Gasteiger partial charge >= 0.3 is 0 Å². The van der Waals surface area contributed by atoms with Crippen molar-refractivity contribution in [2.45, 2.75) is 31.9 Å². The van der Waals surface area contributed by atoms with E-state index in [1.165, 1.54) is 5.56 Å². The molecule has 2 aromatic rings. The normalized spacial score (nSPS) is 21.1. The minimum Gasteiger partial charge on any atom is -0.491 e. The van der Waals surface area contributed by atoms with Gasteiger partial charge in [-0.2, -0.15) is 0 Å². The molecule has 1 fully saturated rings. The maximum atomic E-state index is 10.9. The molecule has 1 aromatic carbocycles. The highest BCUT2D eigenvalue weighted by molar-refractivity contribution is 5.26. The second-order valence-electron chi connectivity index (χ2n) is 6.81. The summed E-state index contributed by atoms with van der Waals surface area (Å²) in [5.74, 6) is 1.41. The summed E-state index contributed by atoms with van der Waals surface area (Å²) < 4.78 is 5.82.